The molecule has 3 heterocycles. The van der Waals surface area contributed by atoms with Crippen LogP contribution in [-0.4, -0.2) is 42.5 Å². The van der Waals surface area contributed by atoms with Crippen molar-refractivity contribution in [2.45, 2.75) is 25.4 Å². The number of nitrogens with one attached hydrogen (secondary N) is 2. The van der Waals surface area contributed by atoms with Crippen LogP contribution in [0.5, 0.6) is 5.75 Å². The molecular weight excluding hydrogens is 466 g/mol. The molecule has 0 radical (unpaired) electrons. The monoisotopic (exact) mass is 491 g/mol. The SMILES string of the molecule is O=C(NC[C@H](O)c1ccc2c(c1)CCO2)C(=O)Nc1ccc2c(c1)CCCN2C(=O)c1cccs1. The molecule has 0 spiro atoms. The van der Waals surface area contributed by atoms with E-state index in [1.807, 2.05) is 23.6 Å². The predicted octanol–water partition coefficient (Wildman–Crippen LogP) is 3.06. The Balaban J connectivity index is 1.19. The Morgan fingerprint density at radius 1 is 1.06 bits per heavy atom. The smallest absolute Gasteiger partial charge is 0.313 e. The average Bonchev–Trinajstić information content (AvgIpc) is 3.58. The van der Waals surface area contributed by atoms with Crippen molar-refractivity contribution < 1.29 is 24.2 Å². The first-order chi connectivity index (χ1) is 17.0. The lowest BCUT2D eigenvalue weighted by atomic mass is 10.0. The van der Waals surface area contributed by atoms with Crippen molar-refractivity contribution in [3.63, 3.8) is 0 Å². The van der Waals surface area contributed by atoms with Gasteiger partial charge in [0.05, 0.1) is 17.6 Å². The van der Waals surface area contributed by atoms with Gasteiger partial charge in [0.1, 0.15) is 5.75 Å². The number of aliphatic hydroxyl groups is 1. The van der Waals surface area contributed by atoms with Gasteiger partial charge in [-0.2, -0.15) is 0 Å². The number of aryl methyl sites for hydroxylation is 1. The zero-order chi connectivity index (χ0) is 24.4. The fourth-order valence-corrected chi connectivity index (χ4v) is 5.08. The number of ether oxygens (including phenoxy) is 1. The quantitative estimate of drug-likeness (QED) is 0.476. The number of fused-ring (bicyclic) bond motifs is 2. The van der Waals surface area contributed by atoms with Gasteiger partial charge in [-0.1, -0.05) is 12.1 Å². The summed E-state index contributed by atoms with van der Waals surface area (Å²) in [5.74, 6) is -0.873. The van der Waals surface area contributed by atoms with Crippen molar-refractivity contribution in [3.8, 4) is 5.75 Å². The molecule has 9 heteroatoms. The summed E-state index contributed by atoms with van der Waals surface area (Å²) in [4.78, 5) is 40.0. The molecule has 1 atom stereocenters. The molecule has 180 valence electrons. The summed E-state index contributed by atoms with van der Waals surface area (Å²) in [5.41, 5.74) is 3.92. The average molecular weight is 492 g/mol. The van der Waals surface area contributed by atoms with Crippen LogP contribution in [0.3, 0.4) is 0 Å². The Hall–Kier alpha value is -3.69. The molecule has 5 rings (SSSR count). The molecule has 0 aliphatic carbocycles. The fourth-order valence-electron chi connectivity index (χ4n) is 4.41. The van der Waals surface area contributed by atoms with Gasteiger partial charge in [-0.15, -0.1) is 11.3 Å². The Labute approximate surface area is 206 Å². The highest BCUT2D eigenvalue weighted by Crippen LogP contribution is 2.32. The molecule has 8 nitrogen and oxygen atoms in total. The Kier molecular flexibility index (Phi) is 6.52. The molecule has 0 fully saturated rings. The van der Waals surface area contributed by atoms with Crippen LogP contribution in [0, 0.1) is 0 Å². The molecular formula is C26H25N3O5S. The summed E-state index contributed by atoms with van der Waals surface area (Å²) in [5, 5.41) is 17.4. The largest absolute Gasteiger partial charge is 0.493 e. The number of hydrogen-bond acceptors (Lipinski definition) is 6. The lowest BCUT2D eigenvalue weighted by Crippen LogP contribution is -2.38. The van der Waals surface area contributed by atoms with Crippen molar-refractivity contribution in [1.82, 2.24) is 5.32 Å². The second-order valence-electron chi connectivity index (χ2n) is 8.53. The van der Waals surface area contributed by atoms with Gasteiger partial charge >= 0.3 is 11.8 Å². The second-order valence-corrected chi connectivity index (χ2v) is 9.47. The summed E-state index contributed by atoms with van der Waals surface area (Å²) < 4.78 is 5.47. The molecule has 3 amide bonds. The number of carbonyl (C=O) groups is 3. The standard InChI is InChI=1S/C26H25N3O5S/c30-21(17-5-8-22-18(13-17)9-11-34-22)15-27-24(31)25(32)28-19-6-7-20-16(14-19)3-1-10-29(20)26(33)23-4-2-12-35-23/h2,4-8,12-14,21,30H,1,3,9-11,15H2,(H,27,31)(H,28,32)/t21-/m0/s1. The van der Waals surface area contributed by atoms with Crippen LogP contribution < -0.4 is 20.3 Å². The summed E-state index contributed by atoms with van der Waals surface area (Å²) in [6.07, 6.45) is 1.44. The molecule has 0 saturated carbocycles. The molecule has 3 aromatic rings. The number of benzene rings is 2. The third-order valence-electron chi connectivity index (χ3n) is 6.19. The van der Waals surface area contributed by atoms with Crippen LogP contribution in [0.25, 0.3) is 0 Å². The zero-order valence-electron chi connectivity index (χ0n) is 19.0. The van der Waals surface area contributed by atoms with Gasteiger partial charge in [0.25, 0.3) is 5.91 Å². The van der Waals surface area contributed by atoms with Crippen molar-refractivity contribution in [1.29, 1.82) is 0 Å². The number of hydrogen-bond donors (Lipinski definition) is 3. The maximum absolute atomic E-state index is 12.8. The third kappa shape index (κ3) is 4.91. The highest BCUT2D eigenvalue weighted by molar-refractivity contribution is 7.12. The van der Waals surface area contributed by atoms with Crippen molar-refractivity contribution in [2.75, 3.05) is 29.9 Å². The third-order valence-corrected chi connectivity index (χ3v) is 7.05. The first-order valence-corrected chi connectivity index (χ1v) is 12.4. The van der Waals surface area contributed by atoms with Crippen LogP contribution >= 0.6 is 11.3 Å². The fraction of sp³-hybridized carbons (Fsp3) is 0.269. The van der Waals surface area contributed by atoms with Gasteiger partial charge in [0.2, 0.25) is 0 Å². The van der Waals surface area contributed by atoms with E-state index in [9.17, 15) is 19.5 Å². The van der Waals surface area contributed by atoms with Crippen molar-refractivity contribution >= 4 is 40.4 Å². The molecule has 1 aromatic heterocycles. The van der Waals surface area contributed by atoms with Crippen LogP contribution in [0.1, 0.15) is 38.9 Å². The van der Waals surface area contributed by atoms with Gasteiger partial charge in [-0.25, -0.2) is 0 Å². The van der Waals surface area contributed by atoms with E-state index in [4.69, 9.17) is 4.74 Å². The highest BCUT2D eigenvalue weighted by atomic mass is 32.1. The number of carbonyl (C=O) groups excluding carboxylic acids is 3. The van der Waals surface area contributed by atoms with Gasteiger partial charge in [0, 0.05) is 30.9 Å². The number of amides is 3. The zero-order valence-corrected chi connectivity index (χ0v) is 19.8. The Bertz CT molecular complexity index is 1270. The molecule has 2 aliphatic rings. The van der Waals surface area contributed by atoms with E-state index < -0.39 is 17.9 Å². The maximum atomic E-state index is 12.8. The molecule has 0 unspecified atom stereocenters. The topological polar surface area (TPSA) is 108 Å². The first-order valence-electron chi connectivity index (χ1n) is 11.5. The van der Waals surface area contributed by atoms with Crippen LogP contribution in [0.2, 0.25) is 0 Å². The van der Waals surface area contributed by atoms with Crippen molar-refractivity contribution in [3.05, 3.63) is 75.5 Å². The number of nitrogens with zero attached hydrogens (tertiary/aromatic N) is 1. The first kappa shape index (κ1) is 23.1. The van der Waals surface area contributed by atoms with E-state index in [1.165, 1.54) is 11.3 Å². The summed E-state index contributed by atoms with van der Waals surface area (Å²) in [6.45, 7) is 1.17. The molecule has 0 bridgehead atoms. The number of thiophene rings is 1. The van der Waals surface area contributed by atoms with E-state index in [0.29, 0.717) is 29.3 Å². The van der Waals surface area contributed by atoms with Gasteiger partial charge in [-0.05, 0) is 71.3 Å². The minimum absolute atomic E-state index is 0.0356. The van der Waals surface area contributed by atoms with Crippen molar-refractivity contribution in [2.24, 2.45) is 0 Å². The normalized spacial score (nSPS) is 14.9. The summed E-state index contributed by atoms with van der Waals surface area (Å²) >= 11 is 1.41. The predicted molar refractivity (Wildman–Crippen MR) is 133 cm³/mol. The van der Waals surface area contributed by atoms with E-state index in [1.54, 1.807) is 35.2 Å². The summed E-state index contributed by atoms with van der Waals surface area (Å²) in [6, 6.07) is 14.4. The van der Waals surface area contributed by atoms with E-state index in [2.05, 4.69) is 10.6 Å². The Morgan fingerprint density at radius 3 is 2.77 bits per heavy atom. The van der Waals surface area contributed by atoms with Gasteiger partial charge < -0.3 is 25.4 Å². The van der Waals surface area contributed by atoms with E-state index in [-0.39, 0.29) is 12.5 Å². The number of rotatable bonds is 5. The van der Waals surface area contributed by atoms with E-state index >= 15 is 0 Å². The van der Waals surface area contributed by atoms with E-state index in [0.717, 1.165) is 41.8 Å². The lowest BCUT2D eigenvalue weighted by molar-refractivity contribution is -0.136. The van der Waals surface area contributed by atoms with Crippen LogP contribution in [-0.2, 0) is 22.4 Å². The van der Waals surface area contributed by atoms with Gasteiger partial charge in [-0.3, -0.25) is 14.4 Å². The minimum Gasteiger partial charge on any atom is -0.493 e. The second kappa shape index (κ2) is 9.89. The molecule has 2 aliphatic heterocycles. The number of anilines is 2. The highest BCUT2D eigenvalue weighted by Gasteiger charge is 2.25. The van der Waals surface area contributed by atoms with Gasteiger partial charge in [0.15, 0.2) is 0 Å². The summed E-state index contributed by atoms with van der Waals surface area (Å²) in [7, 11) is 0. The van der Waals surface area contributed by atoms with Crippen LogP contribution in [0.4, 0.5) is 11.4 Å². The molecule has 35 heavy (non-hydrogen) atoms. The van der Waals surface area contributed by atoms with Crippen LogP contribution in [0.15, 0.2) is 53.9 Å². The molecule has 2 aromatic carbocycles. The minimum atomic E-state index is -0.937. The lowest BCUT2D eigenvalue weighted by Gasteiger charge is -2.29. The number of aliphatic hydroxyl groups excluding tert-OH is 1. The Morgan fingerprint density at radius 2 is 1.94 bits per heavy atom. The molecule has 0 saturated heterocycles. The molecule has 3 N–H and O–H groups in total. The maximum Gasteiger partial charge on any atom is 0.313 e.